The minimum atomic E-state index is -0.960. The summed E-state index contributed by atoms with van der Waals surface area (Å²) in [6.45, 7) is 1.75. The number of anilines is 1. The van der Waals surface area contributed by atoms with E-state index in [1.807, 2.05) is 0 Å². The van der Waals surface area contributed by atoms with Gasteiger partial charge >= 0.3 is 5.97 Å². The lowest BCUT2D eigenvalue weighted by atomic mass is 10.2. The van der Waals surface area contributed by atoms with Crippen LogP contribution in [-0.2, 0) is 4.79 Å². The molecular formula is C10H15N3O4. The van der Waals surface area contributed by atoms with Crippen molar-refractivity contribution >= 4 is 11.9 Å². The summed E-state index contributed by atoms with van der Waals surface area (Å²) in [5.74, 6) is -0.187. The molecule has 0 aliphatic carbocycles. The molecule has 0 unspecified atom stereocenters. The van der Waals surface area contributed by atoms with Gasteiger partial charge in [0, 0.05) is 0 Å². The monoisotopic (exact) mass is 241 g/mol. The first-order valence-electron chi connectivity index (χ1n) is 5.07. The highest BCUT2D eigenvalue weighted by atomic mass is 16.5. The van der Waals surface area contributed by atoms with Crippen molar-refractivity contribution in [2.75, 3.05) is 19.5 Å². The van der Waals surface area contributed by atoms with E-state index in [2.05, 4.69) is 15.3 Å². The third-order valence-corrected chi connectivity index (χ3v) is 2.11. The van der Waals surface area contributed by atoms with E-state index >= 15 is 0 Å². The van der Waals surface area contributed by atoms with Crippen molar-refractivity contribution in [2.45, 2.75) is 19.4 Å². The van der Waals surface area contributed by atoms with Crippen LogP contribution in [0.15, 0.2) is 6.07 Å². The maximum Gasteiger partial charge on any atom is 0.326 e. The van der Waals surface area contributed by atoms with Crippen LogP contribution in [0.2, 0.25) is 0 Å². The number of aromatic nitrogens is 2. The summed E-state index contributed by atoms with van der Waals surface area (Å²) in [6.07, 6.45) is 0.415. The summed E-state index contributed by atoms with van der Waals surface area (Å²) in [4.78, 5) is 18.8. The first-order valence-corrected chi connectivity index (χ1v) is 5.07. The SMILES string of the molecule is CC[C@H](Nc1nc(OC)cc(OC)n1)C(=O)O. The number of methoxy groups -OCH3 is 2. The Kier molecular flexibility index (Phi) is 4.50. The summed E-state index contributed by atoms with van der Waals surface area (Å²) in [7, 11) is 2.92. The fraction of sp³-hybridized carbons (Fsp3) is 0.500. The first kappa shape index (κ1) is 13.0. The Morgan fingerprint density at radius 1 is 1.41 bits per heavy atom. The molecule has 1 aromatic heterocycles. The number of nitrogens with one attached hydrogen (secondary N) is 1. The molecule has 0 aliphatic heterocycles. The Labute approximate surface area is 98.8 Å². The lowest BCUT2D eigenvalue weighted by Crippen LogP contribution is -2.29. The van der Waals surface area contributed by atoms with Gasteiger partial charge in [-0.1, -0.05) is 6.92 Å². The van der Waals surface area contributed by atoms with E-state index in [9.17, 15) is 4.79 Å². The molecule has 0 spiro atoms. The van der Waals surface area contributed by atoms with Crippen LogP contribution in [0.5, 0.6) is 11.8 Å². The Morgan fingerprint density at radius 3 is 2.29 bits per heavy atom. The van der Waals surface area contributed by atoms with Crippen molar-refractivity contribution in [3.05, 3.63) is 6.07 Å². The van der Waals surface area contributed by atoms with Crippen molar-refractivity contribution in [2.24, 2.45) is 0 Å². The van der Waals surface area contributed by atoms with Gasteiger partial charge in [0.2, 0.25) is 17.7 Å². The van der Waals surface area contributed by atoms with Crippen LogP contribution in [-0.4, -0.2) is 41.3 Å². The molecule has 94 valence electrons. The van der Waals surface area contributed by atoms with E-state index < -0.39 is 12.0 Å². The number of aliphatic carboxylic acids is 1. The van der Waals surface area contributed by atoms with Gasteiger partial charge in [-0.3, -0.25) is 0 Å². The number of carboxylic acids is 1. The van der Waals surface area contributed by atoms with Crippen molar-refractivity contribution in [1.82, 2.24) is 9.97 Å². The lowest BCUT2D eigenvalue weighted by Gasteiger charge is -2.13. The molecule has 0 fully saturated rings. The van der Waals surface area contributed by atoms with Gasteiger partial charge < -0.3 is 19.9 Å². The number of carbonyl (C=O) groups is 1. The predicted molar refractivity (Wildman–Crippen MR) is 60.5 cm³/mol. The average Bonchev–Trinajstić information content (AvgIpc) is 2.34. The zero-order valence-electron chi connectivity index (χ0n) is 9.93. The topological polar surface area (TPSA) is 93.6 Å². The molecule has 7 nitrogen and oxygen atoms in total. The Balaban J connectivity index is 2.92. The second-order valence-electron chi connectivity index (χ2n) is 3.22. The molecule has 1 aromatic rings. The number of rotatable bonds is 6. The maximum atomic E-state index is 10.9. The number of nitrogens with zero attached hydrogens (tertiary/aromatic N) is 2. The lowest BCUT2D eigenvalue weighted by molar-refractivity contribution is -0.138. The second kappa shape index (κ2) is 5.88. The van der Waals surface area contributed by atoms with E-state index in [0.29, 0.717) is 18.2 Å². The zero-order valence-corrected chi connectivity index (χ0v) is 9.93. The molecule has 1 rings (SSSR count). The molecule has 0 radical (unpaired) electrons. The molecule has 17 heavy (non-hydrogen) atoms. The molecule has 1 atom stereocenters. The van der Waals surface area contributed by atoms with E-state index in [1.54, 1.807) is 6.92 Å². The molecule has 0 amide bonds. The van der Waals surface area contributed by atoms with E-state index in [1.165, 1.54) is 20.3 Å². The normalized spacial score (nSPS) is 11.7. The number of hydrogen-bond acceptors (Lipinski definition) is 6. The molecule has 2 N–H and O–H groups in total. The summed E-state index contributed by atoms with van der Waals surface area (Å²) < 4.78 is 9.91. The summed E-state index contributed by atoms with van der Waals surface area (Å²) in [5.41, 5.74) is 0. The number of ether oxygens (including phenoxy) is 2. The van der Waals surface area contributed by atoms with E-state index in [-0.39, 0.29) is 5.95 Å². The van der Waals surface area contributed by atoms with Crippen molar-refractivity contribution in [3.63, 3.8) is 0 Å². The maximum absolute atomic E-state index is 10.9. The largest absolute Gasteiger partial charge is 0.481 e. The van der Waals surface area contributed by atoms with Gasteiger partial charge in [-0.05, 0) is 6.42 Å². The molecule has 7 heteroatoms. The highest BCUT2D eigenvalue weighted by molar-refractivity contribution is 5.76. The summed E-state index contributed by atoms with van der Waals surface area (Å²) >= 11 is 0. The predicted octanol–water partition coefficient (Wildman–Crippen LogP) is 0.769. The molecule has 0 saturated carbocycles. The van der Waals surface area contributed by atoms with Gasteiger partial charge in [-0.2, -0.15) is 9.97 Å². The minimum Gasteiger partial charge on any atom is -0.481 e. The van der Waals surface area contributed by atoms with Crippen LogP contribution >= 0.6 is 0 Å². The van der Waals surface area contributed by atoms with Crippen molar-refractivity contribution in [1.29, 1.82) is 0 Å². The van der Waals surface area contributed by atoms with Crippen molar-refractivity contribution < 1.29 is 19.4 Å². The second-order valence-corrected chi connectivity index (χ2v) is 3.22. The molecule has 1 heterocycles. The minimum absolute atomic E-state index is 0.162. The quantitative estimate of drug-likeness (QED) is 0.759. The Morgan fingerprint density at radius 2 is 1.94 bits per heavy atom. The van der Waals surface area contributed by atoms with Crippen LogP contribution in [0.1, 0.15) is 13.3 Å². The van der Waals surface area contributed by atoms with Crippen molar-refractivity contribution in [3.8, 4) is 11.8 Å². The fourth-order valence-corrected chi connectivity index (χ4v) is 1.17. The first-order chi connectivity index (χ1) is 8.10. The van der Waals surface area contributed by atoms with Gasteiger partial charge in [0.05, 0.1) is 20.3 Å². The van der Waals surface area contributed by atoms with Gasteiger partial charge in [0.1, 0.15) is 6.04 Å². The number of carboxylic acid groups (broad SMARTS) is 1. The third kappa shape index (κ3) is 3.47. The van der Waals surface area contributed by atoms with Gasteiger partial charge in [0.25, 0.3) is 0 Å². The molecule has 0 saturated heterocycles. The van der Waals surface area contributed by atoms with Gasteiger partial charge in [-0.25, -0.2) is 4.79 Å². The Hall–Kier alpha value is -2.05. The molecule has 0 aliphatic rings. The average molecular weight is 241 g/mol. The third-order valence-electron chi connectivity index (χ3n) is 2.11. The van der Waals surface area contributed by atoms with Crippen LogP contribution < -0.4 is 14.8 Å². The highest BCUT2D eigenvalue weighted by Gasteiger charge is 2.16. The van der Waals surface area contributed by atoms with E-state index in [0.717, 1.165) is 0 Å². The van der Waals surface area contributed by atoms with Gasteiger partial charge in [-0.15, -0.1) is 0 Å². The van der Waals surface area contributed by atoms with Crippen LogP contribution in [0.3, 0.4) is 0 Å². The zero-order chi connectivity index (χ0) is 12.8. The molecular weight excluding hydrogens is 226 g/mol. The Bertz CT molecular complexity index is 375. The smallest absolute Gasteiger partial charge is 0.326 e. The van der Waals surface area contributed by atoms with Crippen LogP contribution in [0.4, 0.5) is 5.95 Å². The summed E-state index contributed by atoms with van der Waals surface area (Å²) in [6, 6.07) is 0.763. The van der Waals surface area contributed by atoms with Crippen LogP contribution in [0, 0.1) is 0 Å². The molecule has 0 bridgehead atoms. The number of hydrogen-bond donors (Lipinski definition) is 2. The standard InChI is InChI=1S/C10H15N3O4/c1-4-6(9(14)15)11-10-12-7(16-2)5-8(13-10)17-3/h5-6H,4H2,1-3H3,(H,14,15)(H,11,12,13)/t6-/m0/s1. The summed E-state index contributed by atoms with van der Waals surface area (Å²) in [5, 5.41) is 11.6. The fourth-order valence-electron chi connectivity index (χ4n) is 1.17. The highest BCUT2D eigenvalue weighted by Crippen LogP contribution is 2.18. The van der Waals surface area contributed by atoms with Crippen LogP contribution in [0.25, 0.3) is 0 Å². The molecule has 0 aromatic carbocycles. The van der Waals surface area contributed by atoms with E-state index in [4.69, 9.17) is 14.6 Å². The van der Waals surface area contributed by atoms with Gasteiger partial charge in [0.15, 0.2) is 0 Å².